The number of nitrogens with one attached hydrogen (secondary N) is 1. The number of hydrogen-bond acceptors (Lipinski definition) is 5. The minimum atomic E-state index is -4.52. The second kappa shape index (κ2) is 10.2. The van der Waals surface area contributed by atoms with Crippen molar-refractivity contribution < 1.29 is 31.1 Å². The smallest absolute Gasteiger partial charge is 0.416 e. The van der Waals surface area contributed by atoms with Crippen LogP contribution in [0, 0.1) is 0 Å². The second-order valence-corrected chi connectivity index (χ2v) is 13.8. The lowest BCUT2D eigenvalue weighted by Crippen LogP contribution is -2.19. The van der Waals surface area contributed by atoms with Gasteiger partial charge in [0.2, 0.25) is 10.0 Å². The van der Waals surface area contributed by atoms with E-state index in [-0.39, 0.29) is 21.4 Å². The van der Waals surface area contributed by atoms with E-state index in [1.807, 2.05) is 12.1 Å². The van der Waals surface area contributed by atoms with Crippen LogP contribution in [0.25, 0.3) is 16.9 Å². The van der Waals surface area contributed by atoms with Crippen LogP contribution >= 0.6 is 0 Å². The number of fused-ring (bicyclic) bond motifs is 1. The summed E-state index contributed by atoms with van der Waals surface area (Å²) >= 11 is 0. The number of carbonyl (C=O) groups excluding carboxylic acids is 1. The van der Waals surface area contributed by atoms with E-state index in [0.717, 1.165) is 29.0 Å². The van der Waals surface area contributed by atoms with Gasteiger partial charge in [-0.3, -0.25) is 4.79 Å². The summed E-state index contributed by atoms with van der Waals surface area (Å²) in [4.78, 5) is 13.4. The molecule has 2 heterocycles. The quantitative estimate of drug-likeness (QED) is 0.270. The number of benzene rings is 3. The molecule has 1 aliphatic rings. The summed E-state index contributed by atoms with van der Waals surface area (Å²) in [6, 6.07) is 15.1. The molecule has 5 rings (SSSR count). The zero-order chi connectivity index (χ0) is 31.5. The average molecular weight is 613 g/mol. The molecule has 0 saturated heterocycles. The van der Waals surface area contributed by atoms with Gasteiger partial charge in [0.25, 0.3) is 5.91 Å². The largest absolute Gasteiger partial charge is 0.492 e. The predicted molar refractivity (Wildman–Crippen MR) is 157 cm³/mol. The highest BCUT2D eigenvalue weighted by atomic mass is 32.2. The van der Waals surface area contributed by atoms with E-state index in [4.69, 9.17) is 9.88 Å². The zero-order valence-electron chi connectivity index (χ0n) is 24.2. The second-order valence-electron chi connectivity index (χ2n) is 12.2. The van der Waals surface area contributed by atoms with Gasteiger partial charge in [-0.05, 0) is 60.0 Å². The number of rotatable bonds is 5. The van der Waals surface area contributed by atoms with Gasteiger partial charge in [0.15, 0.2) is 5.69 Å². The van der Waals surface area contributed by atoms with Gasteiger partial charge in [0.1, 0.15) is 5.75 Å². The number of carbonyl (C=O) groups is 1. The third-order valence-corrected chi connectivity index (χ3v) is 8.25. The Hall–Kier alpha value is -4.16. The topological polar surface area (TPSA) is 116 Å². The van der Waals surface area contributed by atoms with E-state index in [1.54, 1.807) is 0 Å². The lowest BCUT2D eigenvalue weighted by molar-refractivity contribution is -0.137. The maximum Gasteiger partial charge on any atom is 0.416 e. The number of alkyl halides is 3. The highest BCUT2D eigenvalue weighted by Gasteiger charge is 2.36. The van der Waals surface area contributed by atoms with Gasteiger partial charge in [0.05, 0.1) is 28.4 Å². The fourth-order valence-corrected chi connectivity index (χ4v) is 5.46. The van der Waals surface area contributed by atoms with Crippen LogP contribution in [0.15, 0.2) is 71.6 Å². The van der Waals surface area contributed by atoms with E-state index < -0.39 is 27.7 Å². The lowest BCUT2D eigenvalue weighted by atomic mass is 9.80. The first kappa shape index (κ1) is 30.3. The van der Waals surface area contributed by atoms with Crippen molar-refractivity contribution in [2.75, 3.05) is 11.9 Å². The summed E-state index contributed by atoms with van der Waals surface area (Å²) in [5, 5.41) is 12.6. The molecule has 8 nitrogen and oxygen atoms in total. The maximum absolute atomic E-state index is 13.6. The van der Waals surface area contributed by atoms with Crippen molar-refractivity contribution in [3.8, 4) is 22.7 Å². The molecule has 0 spiro atoms. The third-order valence-electron chi connectivity index (χ3n) is 7.32. The van der Waals surface area contributed by atoms with Gasteiger partial charge in [-0.2, -0.15) is 18.3 Å². The van der Waals surface area contributed by atoms with Gasteiger partial charge in [-0.1, -0.05) is 46.8 Å². The molecule has 1 aliphatic heterocycles. The zero-order valence-corrected chi connectivity index (χ0v) is 25.0. The first-order valence-electron chi connectivity index (χ1n) is 13.4. The molecule has 3 aromatic carbocycles. The molecule has 43 heavy (non-hydrogen) atoms. The minimum absolute atomic E-state index is 0.00117. The fraction of sp³-hybridized carbons (Fsp3) is 0.290. The van der Waals surface area contributed by atoms with Gasteiger partial charge in [-0.25, -0.2) is 18.2 Å². The van der Waals surface area contributed by atoms with E-state index >= 15 is 0 Å². The van der Waals surface area contributed by atoms with Gasteiger partial charge < -0.3 is 10.1 Å². The summed E-state index contributed by atoms with van der Waals surface area (Å²) in [6.45, 7) is 10.8. The summed E-state index contributed by atoms with van der Waals surface area (Å²) in [6.07, 6.45) is -4.52. The van der Waals surface area contributed by atoms with Crippen LogP contribution in [-0.2, 0) is 27.0 Å². The molecule has 0 bridgehead atoms. The molecule has 0 unspecified atom stereocenters. The van der Waals surface area contributed by atoms with E-state index in [9.17, 15) is 26.4 Å². The Morgan fingerprint density at radius 2 is 1.63 bits per heavy atom. The Balaban J connectivity index is 1.57. The molecule has 1 aromatic heterocycles. The standard InChI is InChI=1S/C31H31F3N4O4S/c1-29(2,3)23-14-20(15-24-27(23)42-17-30(24,4)5)36-28(39)25-16-26(18-6-8-19(9-7-18)31(32,33)34)38(37-25)21-10-12-22(13-11-21)43(35,40)41/h6-16H,17H2,1-5H3,(H,36,39)(H2,35,40,41). The normalized spacial score (nSPS) is 14.7. The Morgan fingerprint density at radius 3 is 2.19 bits per heavy atom. The van der Waals surface area contributed by atoms with E-state index in [1.165, 1.54) is 47.1 Å². The van der Waals surface area contributed by atoms with Crippen LogP contribution < -0.4 is 15.2 Å². The number of hydrogen-bond donors (Lipinski definition) is 2. The van der Waals surface area contributed by atoms with Gasteiger partial charge >= 0.3 is 6.18 Å². The molecule has 4 aromatic rings. The molecule has 1 amide bonds. The Kier molecular flexibility index (Phi) is 7.21. The molecule has 0 fully saturated rings. The van der Waals surface area contributed by atoms with Crippen LogP contribution in [0.4, 0.5) is 18.9 Å². The molecule has 0 saturated carbocycles. The Bertz CT molecular complexity index is 1820. The van der Waals surface area contributed by atoms with E-state index in [2.05, 4.69) is 45.0 Å². The summed E-state index contributed by atoms with van der Waals surface area (Å²) in [5.41, 5.74) is 2.15. The number of amides is 1. The summed E-state index contributed by atoms with van der Waals surface area (Å²) < 4.78 is 70.5. The van der Waals surface area contributed by atoms with Crippen LogP contribution in [0.5, 0.6) is 5.75 Å². The number of halogens is 3. The Labute approximate surface area is 247 Å². The number of nitrogens with two attached hydrogens (primary N) is 1. The number of ether oxygens (including phenoxy) is 1. The van der Waals surface area contributed by atoms with Crippen molar-refractivity contribution in [2.45, 2.75) is 56.5 Å². The molecule has 0 radical (unpaired) electrons. The van der Waals surface area contributed by atoms with Crippen LogP contribution in [0.3, 0.4) is 0 Å². The van der Waals surface area contributed by atoms with E-state index in [0.29, 0.717) is 29.2 Å². The van der Waals surface area contributed by atoms with Gasteiger partial charge in [-0.15, -0.1) is 0 Å². The fourth-order valence-electron chi connectivity index (χ4n) is 4.94. The number of primary sulfonamides is 1. The van der Waals surface area contributed by atoms with Crippen LogP contribution in [0.2, 0.25) is 0 Å². The first-order chi connectivity index (χ1) is 19.8. The van der Waals surface area contributed by atoms with Crippen molar-refractivity contribution in [2.24, 2.45) is 5.14 Å². The number of aromatic nitrogens is 2. The highest BCUT2D eigenvalue weighted by Crippen LogP contribution is 2.46. The molecule has 12 heteroatoms. The van der Waals surface area contributed by atoms with Crippen molar-refractivity contribution in [1.82, 2.24) is 9.78 Å². The monoisotopic (exact) mass is 612 g/mol. The SMILES string of the molecule is CC(C)(C)c1cc(NC(=O)c2cc(-c3ccc(C(F)(F)F)cc3)n(-c3ccc(S(N)(=O)=O)cc3)n2)cc2c1OCC2(C)C. The first-order valence-corrected chi connectivity index (χ1v) is 14.9. The molecule has 3 N–H and O–H groups in total. The molecule has 0 atom stereocenters. The number of sulfonamides is 1. The van der Waals surface area contributed by atoms with Crippen LogP contribution in [-0.4, -0.2) is 30.7 Å². The average Bonchev–Trinajstić information content (AvgIpc) is 3.48. The molecule has 0 aliphatic carbocycles. The highest BCUT2D eigenvalue weighted by molar-refractivity contribution is 7.89. The van der Waals surface area contributed by atoms with Crippen molar-refractivity contribution >= 4 is 21.6 Å². The van der Waals surface area contributed by atoms with Crippen molar-refractivity contribution in [1.29, 1.82) is 0 Å². The molecule has 226 valence electrons. The minimum Gasteiger partial charge on any atom is -0.492 e. The van der Waals surface area contributed by atoms with Gasteiger partial charge in [0, 0.05) is 27.8 Å². The van der Waals surface area contributed by atoms with Crippen LogP contribution in [0.1, 0.15) is 61.8 Å². The number of nitrogens with zero attached hydrogens (tertiary/aromatic N) is 2. The maximum atomic E-state index is 13.6. The summed E-state index contributed by atoms with van der Waals surface area (Å²) in [5.74, 6) is 0.275. The third kappa shape index (κ3) is 6.02. The Morgan fingerprint density at radius 1 is 1.00 bits per heavy atom. The lowest BCUT2D eigenvalue weighted by Gasteiger charge is -2.24. The number of anilines is 1. The van der Waals surface area contributed by atoms with Crippen molar-refractivity contribution in [3.05, 3.63) is 89.1 Å². The molecular weight excluding hydrogens is 581 g/mol. The predicted octanol–water partition coefficient (Wildman–Crippen LogP) is 6.43. The molecular formula is C31H31F3N4O4S. The van der Waals surface area contributed by atoms with Crippen molar-refractivity contribution in [3.63, 3.8) is 0 Å². The summed E-state index contributed by atoms with van der Waals surface area (Å²) in [7, 11) is -3.96.